The Balaban J connectivity index is 2.05. The molecule has 0 aromatic carbocycles. The van der Waals surface area contributed by atoms with Crippen molar-refractivity contribution in [1.29, 1.82) is 0 Å². The lowest BCUT2D eigenvalue weighted by Crippen LogP contribution is -2.15. The highest BCUT2D eigenvalue weighted by Gasteiger charge is 1.99. The Morgan fingerprint density at radius 3 is 2.75 bits per heavy atom. The van der Waals surface area contributed by atoms with Crippen LogP contribution in [0.3, 0.4) is 0 Å². The molecule has 1 N–H and O–H groups in total. The van der Waals surface area contributed by atoms with Crippen LogP contribution in [0.5, 0.6) is 0 Å². The van der Waals surface area contributed by atoms with Gasteiger partial charge in [0.15, 0.2) is 0 Å². The molecular formula is C12H14N2O2. The molecule has 2 aromatic rings. The first-order valence-electron chi connectivity index (χ1n) is 5.11. The summed E-state index contributed by atoms with van der Waals surface area (Å²) in [5, 5.41) is 3.19. The molecular weight excluding hydrogens is 204 g/mol. The molecule has 0 bridgehead atoms. The van der Waals surface area contributed by atoms with Gasteiger partial charge in [-0.25, -0.2) is 0 Å². The van der Waals surface area contributed by atoms with Crippen LogP contribution in [0.25, 0.3) is 0 Å². The summed E-state index contributed by atoms with van der Waals surface area (Å²) in [4.78, 5) is 11.2. The highest BCUT2D eigenvalue weighted by Crippen LogP contribution is 2.09. The van der Waals surface area contributed by atoms with Gasteiger partial charge in [-0.05, 0) is 25.1 Å². The van der Waals surface area contributed by atoms with Crippen molar-refractivity contribution in [3.8, 4) is 0 Å². The average molecular weight is 218 g/mol. The van der Waals surface area contributed by atoms with E-state index in [9.17, 15) is 4.79 Å². The molecule has 4 nitrogen and oxygen atoms in total. The van der Waals surface area contributed by atoms with Crippen LogP contribution in [-0.2, 0) is 13.6 Å². The molecule has 0 fully saturated rings. The third kappa shape index (κ3) is 2.34. The summed E-state index contributed by atoms with van der Waals surface area (Å²) >= 11 is 0. The monoisotopic (exact) mass is 218 g/mol. The number of rotatable bonds is 3. The van der Waals surface area contributed by atoms with Gasteiger partial charge in [-0.2, -0.15) is 0 Å². The van der Waals surface area contributed by atoms with Crippen molar-refractivity contribution < 1.29 is 4.42 Å². The number of aromatic nitrogens is 1. The van der Waals surface area contributed by atoms with E-state index in [-0.39, 0.29) is 5.56 Å². The molecule has 2 rings (SSSR count). The van der Waals surface area contributed by atoms with Gasteiger partial charge in [0.05, 0.1) is 12.2 Å². The first kappa shape index (κ1) is 10.5. The van der Waals surface area contributed by atoms with Crippen molar-refractivity contribution in [2.45, 2.75) is 13.5 Å². The maximum absolute atomic E-state index is 11.2. The van der Waals surface area contributed by atoms with Crippen molar-refractivity contribution in [3.63, 3.8) is 0 Å². The topological polar surface area (TPSA) is 47.2 Å². The molecule has 0 aliphatic carbocycles. The van der Waals surface area contributed by atoms with Gasteiger partial charge in [-0.1, -0.05) is 0 Å². The summed E-state index contributed by atoms with van der Waals surface area (Å²) in [6.45, 7) is 2.53. The Hall–Kier alpha value is -1.97. The van der Waals surface area contributed by atoms with Crippen molar-refractivity contribution in [2.75, 3.05) is 5.32 Å². The number of hydrogen-bond donors (Lipinski definition) is 1. The van der Waals surface area contributed by atoms with Crippen LogP contribution < -0.4 is 10.9 Å². The predicted octanol–water partition coefficient (Wildman–Crippen LogP) is 1.90. The number of aryl methyl sites for hydroxylation is 2. The second kappa shape index (κ2) is 4.26. The van der Waals surface area contributed by atoms with Crippen LogP contribution in [0, 0.1) is 6.92 Å². The van der Waals surface area contributed by atoms with E-state index in [0.29, 0.717) is 6.54 Å². The third-order valence-corrected chi connectivity index (χ3v) is 2.35. The van der Waals surface area contributed by atoms with Crippen molar-refractivity contribution in [3.05, 3.63) is 52.3 Å². The molecule has 0 aliphatic rings. The minimum absolute atomic E-state index is 0.0145. The second-order valence-corrected chi connectivity index (χ2v) is 3.73. The van der Waals surface area contributed by atoms with Gasteiger partial charge in [-0.3, -0.25) is 4.79 Å². The zero-order valence-corrected chi connectivity index (χ0v) is 9.36. The Bertz CT molecular complexity index is 540. The first-order chi connectivity index (χ1) is 7.65. The van der Waals surface area contributed by atoms with Crippen molar-refractivity contribution in [2.24, 2.45) is 7.05 Å². The highest BCUT2D eigenvalue weighted by molar-refractivity contribution is 5.40. The highest BCUT2D eigenvalue weighted by atomic mass is 16.3. The van der Waals surface area contributed by atoms with Gasteiger partial charge in [-0.15, -0.1) is 0 Å². The van der Waals surface area contributed by atoms with E-state index < -0.39 is 0 Å². The molecule has 0 unspecified atom stereocenters. The van der Waals surface area contributed by atoms with Gasteiger partial charge in [0.2, 0.25) is 5.56 Å². The molecule has 2 aromatic heterocycles. The Morgan fingerprint density at radius 1 is 1.31 bits per heavy atom. The minimum atomic E-state index is -0.0145. The van der Waals surface area contributed by atoms with Crippen LogP contribution in [0.1, 0.15) is 11.5 Å². The van der Waals surface area contributed by atoms with E-state index in [2.05, 4.69) is 5.32 Å². The van der Waals surface area contributed by atoms with Gasteiger partial charge in [0.25, 0.3) is 0 Å². The molecule has 0 spiro atoms. The maximum atomic E-state index is 11.2. The second-order valence-electron chi connectivity index (χ2n) is 3.73. The summed E-state index contributed by atoms with van der Waals surface area (Å²) in [6, 6.07) is 7.16. The summed E-state index contributed by atoms with van der Waals surface area (Å²) < 4.78 is 6.97. The fourth-order valence-corrected chi connectivity index (χ4v) is 1.47. The molecule has 4 heteroatoms. The number of pyridine rings is 1. The Labute approximate surface area is 93.5 Å². The number of furan rings is 1. The van der Waals surface area contributed by atoms with E-state index >= 15 is 0 Å². The fourth-order valence-electron chi connectivity index (χ4n) is 1.47. The van der Waals surface area contributed by atoms with Crippen molar-refractivity contribution in [1.82, 2.24) is 4.57 Å². The van der Waals surface area contributed by atoms with Crippen LogP contribution in [0.4, 0.5) is 5.69 Å². The van der Waals surface area contributed by atoms with Gasteiger partial charge in [0, 0.05) is 19.3 Å². The third-order valence-electron chi connectivity index (χ3n) is 2.35. The van der Waals surface area contributed by atoms with Crippen molar-refractivity contribution >= 4 is 5.69 Å². The molecule has 0 saturated carbocycles. The van der Waals surface area contributed by atoms with E-state index in [0.717, 1.165) is 17.2 Å². The molecule has 0 radical (unpaired) electrons. The lowest BCUT2D eigenvalue weighted by atomic mass is 10.4. The lowest BCUT2D eigenvalue weighted by molar-refractivity contribution is 0.490. The Morgan fingerprint density at radius 2 is 2.12 bits per heavy atom. The van der Waals surface area contributed by atoms with E-state index in [4.69, 9.17) is 4.42 Å². The molecule has 0 amide bonds. The SMILES string of the molecule is Cc1ccc(CNc2ccc(=O)n(C)c2)o1. The van der Waals surface area contributed by atoms with E-state index in [1.807, 2.05) is 19.1 Å². The Kier molecular flexibility index (Phi) is 2.81. The van der Waals surface area contributed by atoms with Crippen LogP contribution in [0.2, 0.25) is 0 Å². The van der Waals surface area contributed by atoms with E-state index in [1.165, 1.54) is 10.6 Å². The summed E-state index contributed by atoms with van der Waals surface area (Å²) in [7, 11) is 1.73. The zero-order chi connectivity index (χ0) is 11.5. The summed E-state index contributed by atoms with van der Waals surface area (Å²) in [5.41, 5.74) is 0.885. The summed E-state index contributed by atoms with van der Waals surface area (Å²) in [6.07, 6.45) is 1.76. The summed E-state index contributed by atoms with van der Waals surface area (Å²) in [5.74, 6) is 1.78. The predicted molar refractivity (Wildman–Crippen MR) is 62.5 cm³/mol. The molecule has 2 heterocycles. The van der Waals surface area contributed by atoms with Crippen LogP contribution >= 0.6 is 0 Å². The number of hydrogen-bond acceptors (Lipinski definition) is 3. The molecule has 0 atom stereocenters. The fraction of sp³-hybridized carbons (Fsp3) is 0.250. The molecule has 0 aliphatic heterocycles. The average Bonchev–Trinajstić information content (AvgIpc) is 2.66. The normalized spacial score (nSPS) is 10.4. The number of anilines is 1. The molecule has 16 heavy (non-hydrogen) atoms. The number of nitrogens with one attached hydrogen (secondary N) is 1. The van der Waals surface area contributed by atoms with Crippen LogP contribution in [0.15, 0.2) is 39.7 Å². The zero-order valence-electron chi connectivity index (χ0n) is 9.36. The minimum Gasteiger partial charge on any atom is -0.465 e. The van der Waals surface area contributed by atoms with Crippen LogP contribution in [-0.4, -0.2) is 4.57 Å². The van der Waals surface area contributed by atoms with Gasteiger partial charge in [0.1, 0.15) is 11.5 Å². The standard InChI is InChI=1S/C12H14N2O2/c1-9-3-5-11(16-9)7-13-10-4-6-12(15)14(2)8-10/h3-6,8,13H,7H2,1-2H3. The maximum Gasteiger partial charge on any atom is 0.250 e. The molecule has 84 valence electrons. The number of nitrogens with zero attached hydrogens (tertiary/aromatic N) is 1. The largest absolute Gasteiger partial charge is 0.465 e. The quantitative estimate of drug-likeness (QED) is 0.855. The lowest BCUT2D eigenvalue weighted by Gasteiger charge is -2.05. The first-order valence-corrected chi connectivity index (χ1v) is 5.11. The van der Waals surface area contributed by atoms with E-state index in [1.54, 1.807) is 19.3 Å². The smallest absolute Gasteiger partial charge is 0.250 e. The van der Waals surface area contributed by atoms with Gasteiger partial charge < -0.3 is 14.3 Å². The molecule has 0 saturated heterocycles. The van der Waals surface area contributed by atoms with Gasteiger partial charge >= 0.3 is 0 Å².